The topological polar surface area (TPSA) is 37.4 Å². The molecule has 0 bridgehead atoms. The van der Waals surface area contributed by atoms with Crippen LogP contribution >= 0.6 is 11.6 Å². The zero-order valence-corrected chi connectivity index (χ0v) is 9.18. The van der Waals surface area contributed by atoms with Crippen molar-refractivity contribution in [1.29, 1.82) is 0 Å². The maximum Gasteiger partial charge on any atom is 0.151 e. The number of likely N-dealkylation sites (tertiary alicyclic amines) is 1. The lowest BCUT2D eigenvalue weighted by Crippen LogP contribution is -2.26. The Hall–Kier alpha value is -0.0600. The second kappa shape index (κ2) is 4.44. The van der Waals surface area contributed by atoms with Crippen LogP contribution in [0.15, 0.2) is 11.6 Å². The van der Waals surface area contributed by atoms with Gasteiger partial charge in [-0.3, -0.25) is 4.90 Å². The van der Waals surface area contributed by atoms with E-state index in [1.807, 2.05) is 6.08 Å². The predicted molar refractivity (Wildman–Crippen MR) is 54.7 cm³/mol. The molecule has 1 unspecified atom stereocenters. The zero-order valence-electron chi connectivity index (χ0n) is 7.61. The maximum absolute atomic E-state index is 11.2. The first-order chi connectivity index (χ1) is 6.04. The largest absolute Gasteiger partial charge is 0.298 e. The summed E-state index contributed by atoms with van der Waals surface area (Å²) in [4.78, 5) is 2.09. The first-order valence-electron chi connectivity index (χ1n) is 4.20. The minimum atomic E-state index is -2.86. The molecule has 1 rings (SSSR count). The van der Waals surface area contributed by atoms with E-state index in [0.29, 0.717) is 6.54 Å². The van der Waals surface area contributed by atoms with Crippen molar-refractivity contribution in [3.05, 3.63) is 11.6 Å². The van der Waals surface area contributed by atoms with Crippen molar-refractivity contribution in [2.24, 2.45) is 0 Å². The van der Waals surface area contributed by atoms with Crippen LogP contribution in [0, 0.1) is 0 Å². The normalized spacial score (nSPS) is 25.8. The Morgan fingerprint density at radius 3 is 2.77 bits per heavy atom. The highest BCUT2D eigenvalue weighted by molar-refractivity contribution is 7.91. The van der Waals surface area contributed by atoms with Crippen molar-refractivity contribution < 1.29 is 8.42 Å². The molecule has 1 heterocycles. The number of hydrogen-bond acceptors (Lipinski definition) is 3. The van der Waals surface area contributed by atoms with E-state index < -0.39 is 9.84 Å². The fourth-order valence-corrected chi connectivity index (χ4v) is 2.60. The monoisotopic (exact) mass is 223 g/mol. The quantitative estimate of drug-likeness (QED) is 0.712. The fourth-order valence-electron chi connectivity index (χ4n) is 1.50. The number of sulfone groups is 1. The van der Waals surface area contributed by atoms with Gasteiger partial charge in [0.15, 0.2) is 9.84 Å². The van der Waals surface area contributed by atoms with Crippen molar-refractivity contribution in [2.75, 3.05) is 25.9 Å². The van der Waals surface area contributed by atoms with E-state index in [4.69, 9.17) is 11.6 Å². The summed E-state index contributed by atoms with van der Waals surface area (Å²) in [6, 6.07) is 0. The highest BCUT2D eigenvalue weighted by Crippen LogP contribution is 2.15. The van der Waals surface area contributed by atoms with Gasteiger partial charge in [0.2, 0.25) is 0 Å². The third kappa shape index (κ3) is 3.29. The molecule has 0 aromatic rings. The molecule has 76 valence electrons. The molecule has 3 nitrogen and oxygen atoms in total. The Bertz CT molecular complexity index is 287. The Morgan fingerprint density at radius 2 is 2.31 bits per heavy atom. The van der Waals surface area contributed by atoms with Gasteiger partial charge in [-0.2, -0.15) is 0 Å². The molecule has 0 aliphatic carbocycles. The summed E-state index contributed by atoms with van der Waals surface area (Å²) in [7, 11) is -2.86. The molecule has 0 aromatic carbocycles. The van der Waals surface area contributed by atoms with Gasteiger partial charge >= 0.3 is 0 Å². The van der Waals surface area contributed by atoms with E-state index in [-0.39, 0.29) is 5.25 Å². The van der Waals surface area contributed by atoms with Crippen LogP contribution in [0.5, 0.6) is 0 Å². The first-order valence-corrected chi connectivity index (χ1v) is 6.59. The number of nitrogens with zero attached hydrogens (tertiary/aromatic N) is 1. The Balaban J connectivity index is 2.45. The molecule has 1 fully saturated rings. The van der Waals surface area contributed by atoms with E-state index in [9.17, 15) is 8.42 Å². The number of rotatable bonds is 3. The molecule has 0 N–H and O–H groups in total. The summed E-state index contributed by atoms with van der Waals surface area (Å²) in [6.07, 6.45) is 3.87. The van der Waals surface area contributed by atoms with Crippen LogP contribution < -0.4 is 0 Å². The predicted octanol–water partition coefficient (Wildman–Crippen LogP) is 0.858. The van der Waals surface area contributed by atoms with Crippen LogP contribution in [0.2, 0.25) is 0 Å². The lowest BCUT2D eigenvalue weighted by molar-refractivity contribution is 0.377. The third-order valence-corrected chi connectivity index (χ3v) is 4.06. The fraction of sp³-hybridized carbons (Fsp3) is 0.750. The third-order valence-electron chi connectivity index (χ3n) is 2.29. The van der Waals surface area contributed by atoms with Crippen LogP contribution in [-0.4, -0.2) is 44.5 Å². The molecule has 5 heteroatoms. The van der Waals surface area contributed by atoms with Gasteiger partial charge < -0.3 is 0 Å². The molecule has 0 radical (unpaired) electrons. The minimum absolute atomic E-state index is 0.184. The standard InChI is InChI=1S/C8H14ClNO2S/c1-13(11,12)8-3-6-10(7-8)5-2-4-9/h2,4,8H,3,5-7H2,1H3/b4-2+. The summed E-state index contributed by atoms with van der Waals surface area (Å²) < 4.78 is 22.4. The molecular formula is C8H14ClNO2S. The molecule has 13 heavy (non-hydrogen) atoms. The van der Waals surface area contributed by atoms with Crippen LogP contribution in [0.25, 0.3) is 0 Å². The molecule has 1 saturated heterocycles. The molecule has 0 aromatic heterocycles. The van der Waals surface area contributed by atoms with Gasteiger partial charge in [-0.1, -0.05) is 17.7 Å². The summed E-state index contributed by atoms with van der Waals surface area (Å²) in [5.74, 6) is 0. The van der Waals surface area contributed by atoms with Crippen LogP contribution in [-0.2, 0) is 9.84 Å². The lowest BCUT2D eigenvalue weighted by atomic mass is 10.4. The Labute approximate surface area is 84.3 Å². The van der Waals surface area contributed by atoms with Crippen LogP contribution in [0.3, 0.4) is 0 Å². The van der Waals surface area contributed by atoms with E-state index in [1.54, 1.807) is 0 Å². The van der Waals surface area contributed by atoms with E-state index >= 15 is 0 Å². The smallest absolute Gasteiger partial charge is 0.151 e. The van der Waals surface area contributed by atoms with Gasteiger partial charge in [-0.15, -0.1) is 0 Å². The molecular weight excluding hydrogens is 210 g/mol. The zero-order chi connectivity index (χ0) is 9.90. The van der Waals surface area contributed by atoms with Gasteiger partial charge in [-0.05, 0) is 13.0 Å². The average Bonchev–Trinajstić information content (AvgIpc) is 2.47. The van der Waals surface area contributed by atoms with E-state index in [1.165, 1.54) is 11.8 Å². The van der Waals surface area contributed by atoms with Crippen molar-refractivity contribution >= 4 is 21.4 Å². The van der Waals surface area contributed by atoms with Gasteiger partial charge in [-0.25, -0.2) is 8.42 Å². The number of hydrogen-bond donors (Lipinski definition) is 0. The maximum atomic E-state index is 11.2. The molecule has 0 spiro atoms. The average molecular weight is 224 g/mol. The van der Waals surface area contributed by atoms with E-state index in [2.05, 4.69) is 4.90 Å². The summed E-state index contributed by atoms with van der Waals surface area (Å²) in [6.45, 7) is 2.23. The Morgan fingerprint density at radius 1 is 1.62 bits per heavy atom. The molecule has 1 aliphatic heterocycles. The van der Waals surface area contributed by atoms with E-state index in [0.717, 1.165) is 19.5 Å². The molecule has 0 saturated carbocycles. The summed E-state index contributed by atoms with van der Waals surface area (Å²) in [5.41, 5.74) is 1.47. The summed E-state index contributed by atoms with van der Waals surface area (Å²) >= 11 is 5.38. The second-order valence-corrected chi connectivity index (χ2v) is 5.94. The lowest BCUT2D eigenvalue weighted by Gasteiger charge is -2.12. The first kappa shape index (κ1) is 11.0. The van der Waals surface area contributed by atoms with Crippen molar-refractivity contribution in [2.45, 2.75) is 11.7 Å². The van der Waals surface area contributed by atoms with Crippen molar-refractivity contribution in [1.82, 2.24) is 4.90 Å². The van der Waals surface area contributed by atoms with Crippen molar-refractivity contribution in [3.8, 4) is 0 Å². The van der Waals surface area contributed by atoms with Crippen LogP contribution in [0.4, 0.5) is 0 Å². The molecule has 1 atom stereocenters. The second-order valence-electron chi connectivity index (χ2n) is 3.36. The molecule has 1 aliphatic rings. The van der Waals surface area contributed by atoms with Crippen LogP contribution in [0.1, 0.15) is 6.42 Å². The summed E-state index contributed by atoms with van der Waals surface area (Å²) in [5, 5.41) is -0.184. The van der Waals surface area contributed by atoms with Gasteiger partial charge in [0, 0.05) is 24.9 Å². The van der Waals surface area contributed by atoms with Crippen molar-refractivity contribution in [3.63, 3.8) is 0 Å². The van der Waals surface area contributed by atoms with Gasteiger partial charge in [0.25, 0.3) is 0 Å². The van der Waals surface area contributed by atoms with Gasteiger partial charge in [0.05, 0.1) is 5.25 Å². The molecule has 0 amide bonds. The van der Waals surface area contributed by atoms with Gasteiger partial charge in [0.1, 0.15) is 0 Å². The highest BCUT2D eigenvalue weighted by Gasteiger charge is 2.28. The SMILES string of the molecule is CS(=O)(=O)C1CCN(C/C=C/Cl)C1. The highest BCUT2D eigenvalue weighted by atomic mass is 35.5. The Kier molecular flexibility index (Phi) is 3.76. The minimum Gasteiger partial charge on any atom is -0.298 e. The number of halogens is 1.